The smallest absolute Gasteiger partial charge is 0.0443 e. The second-order valence-corrected chi connectivity index (χ2v) is 3.27. The molecule has 12 heavy (non-hydrogen) atoms. The summed E-state index contributed by atoms with van der Waals surface area (Å²) in [4.78, 5) is 2.44. The SMILES string of the molecule is CCCCN(CCC)CCCO. The van der Waals surface area contributed by atoms with E-state index in [9.17, 15) is 0 Å². The lowest BCUT2D eigenvalue weighted by Crippen LogP contribution is -2.27. The molecule has 0 amide bonds. The van der Waals surface area contributed by atoms with Crippen LogP contribution in [0.3, 0.4) is 0 Å². The van der Waals surface area contributed by atoms with Gasteiger partial charge in [0, 0.05) is 13.2 Å². The zero-order chi connectivity index (χ0) is 9.23. The van der Waals surface area contributed by atoms with E-state index in [0.29, 0.717) is 6.61 Å². The molecule has 0 aliphatic rings. The molecule has 0 rings (SSSR count). The lowest BCUT2D eigenvalue weighted by atomic mass is 10.3. The van der Waals surface area contributed by atoms with Crippen molar-refractivity contribution in [2.75, 3.05) is 26.2 Å². The molecule has 2 heteroatoms. The normalized spacial score (nSPS) is 11.0. The monoisotopic (exact) mass is 173 g/mol. The van der Waals surface area contributed by atoms with E-state index in [1.54, 1.807) is 0 Å². The lowest BCUT2D eigenvalue weighted by molar-refractivity contribution is 0.222. The minimum absolute atomic E-state index is 0.326. The highest BCUT2D eigenvalue weighted by Gasteiger charge is 2.01. The first-order valence-corrected chi connectivity index (χ1v) is 5.18. The Kier molecular flexibility index (Phi) is 8.95. The second-order valence-electron chi connectivity index (χ2n) is 3.27. The zero-order valence-electron chi connectivity index (χ0n) is 8.55. The van der Waals surface area contributed by atoms with E-state index in [4.69, 9.17) is 5.11 Å². The molecule has 0 spiro atoms. The van der Waals surface area contributed by atoms with Crippen molar-refractivity contribution in [3.05, 3.63) is 0 Å². The van der Waals surface area contributed by atoms with Crippen LogP contribution in [0.2, 0.25) is 0 Å². The Morgan fingerprint density at radius 2 is 1.58 bits per heavy atom. The first-order chi connectivity index (χ1) is 5.85. The van der Waals surface area contributed by atoms with Crippen molar-refractivity contribution in [1.29, 1.82) is 0 Å². The van der Waals surface area contributed by atoms with E-state index < -0.39 is 0 Å². The first kappa shape index (κ1) is 11.9. The molecule has 0 aromatic heterocycles. The van der Waals surface area contributed by atoms with Crippen LogP contribution in [0.15, 0.2) is 0 Å². The van der Waals surface area contributed by atoms with Gasteiger partial charge < -0.3 is 10.0 Å². The molecule has 0 radical (unpaired) electrons. The van der Waals surface area contributed by atoms with Crippen molar-refractivity contribution in [3.63, 3.8) is 0 Å². The van der Waals surface area contributed by atoms with Gasteiger partial charge in [0.25, 0.3) is 0 Å². The molecule has 0 aliphatic heterocycles. The van der Waals surface area contributed by atoms with E-state index in [-0.39, 0.29) is 0 Å². The summed E-state index contributed by atoms with van der Waals surface area (Å²) in [7, 11) is 0. The maximum atomic E-state index is 8.68. The Hall–Kier alpha value is -0.0800. The third-order valence-electron chi connectivity index (χ3n) is 2.00. The summed E-state index contributed by atoms with van der Waals surface area (Å²) in [5.74, 6) is 0. The quantitative estimate of drug-likeness (QED) is 0.606. The van der Waals surface area contributed by atoms with Gasteiger partial charge in [0.05, 0.1) is 0 Å². The molecule has 2 nitrogen and oxygen atoms in total. The molecule has 1 N–H and O–H groups in total. The van der Waals surface area contributed by atoms with Gasteiger partial charge in [0.1, 0.15) is 0 Å². The van der Waals surface area contributed by atoms with Crippen LogP contribution < -0.4 is 0 Å². The zero-order valence-corrected chi connectivity index (χ0v) is 8.55. The molecule has 0 aromatic carbocycles. The molecule has 0 saturated carbocycles. The van der Waals surface area contributed by atoms with Crippen LogP contribution in [-0.4, -0.2) is 36.2 Å². The van der Waals surface area contributed by atoms with Crippen molar-refractivity contribution in [2.24, 2.45) is 0 Å². The third kappa shape index (κ3) is 6.62. The van der Waals surface area contributed by atoms with Gasteiger partial charge in [-0.2, -0.15) is 0 Å². The average molecular weight is 173 g/mol. The molecule has 0 fully saturated rings. The molecule has 0 aliphatic carbocycles. The predicted octanol–water partition coefficient (Wildman–Crippen LogP) is 1.88. The molecular weight excluding hydrogens is 150 g/mol. The highest BCUT2D eigenvalue weighted by Crippen LogP contribution is 1.97. The summed E-state index contributed by atoms with van der Waals surface area (Å²) in [5.41, 5.74) is 0. The summed E-state index contributed by atoms with van der Waals surface area (Å²) in [6.07, 6.45) is 4.68. The Morgan fingerprint density at radius 1 is 0.917 bits per heavy atom. The Balaban J connectivity index is 3.40. The predicted molar refractivity (Wildman–Crippen MR) is 53.3 cm³/mol. The van der Waals surface area contributed by atoms with E-state index in [1.165, 1.54) is 32.4 Å². The maximum absolute atomic E-state index is 8.68. The van der Waals surface area contributed by atoms with E-state index in [1.807, 2.05) is 0 Å². The van der Waals surface area contributed by atoms with E-state index in [2.05, 4.69) is 18.7 Å². The van der Waals surface area contributed by atoms with E-state index in [0.717, 1.165) is 13.0 Å². The number of hydrogen-bond acceptors (Lipinski definition) is 2. The Bertz CT molecular complexity index is 77.9. The summed E-state index contributed by atoms with van der Waals surface area (Å²) in [5, 5.41) is 8.68. The molecule has 0 heterocycles. The Morgan fingerprint density at radius 3 is 2.08 bits per heavy atom. The van der Waals surface area contributed by atoms with Crippen molar-refractivity contribution >= 4 is 0 Å². The minimum atomic E-state index is 0.326. The van der Waals surface area contributed by atoms with E-state index >= 15 is 0 Å². The molecular formula is C10H23NO. The maximum Gasteiger partial charge on any atom is 0.0443 e. The second kappa shape index (κ2) is 9.01. The van der Waals surface area contributed by atoms with Gasteiger partial charge >= 0.3 is 0 Å². The van der Waals surface area contributed by atoms with Gasteiger partial charge in [-0.3, -0.25) is 0 Å². The fourth-order valence-electron chi connectivity index (χ4n) is 1.33. The Labute approximate surface area is 76.6 Å². The van der Waals surface area contributed by atoms with Gasteiger partial charge in [0.15, 0.2) is 0 Å². The van der Waals surface area contributed by atoms with Gasteiger partial charge in [-0.25, -0.2) is 0 Å². The molecule has 0 saturated heterocycles. The van der Waals surface area contributed by atoms with Crippen LogP contribution in [0.4, 0.5) is 0 Å². The third-order valence-corrected chi connectivity index (χ3v) is 2.00. The van der Waals surface area contributed by atoms with Gasteiger partial charge in [-0.1, -0.05) is 20.3 Å². The van der Waals surface area contributed by atoms with Gasteiger partial charge in [0.2, 0.25) is 0 Å². The number of aliphatic hydroxyl groups excluding tert-OH is 1. The molecule has 74 valence electrons. The fourth-order valence-corrected chi connectivity index (χ4v) is 1.33. The summed E-state index contributed by atoms with van der Waals surface area (Å²) in [6.45, 7) is 8.19. The number of rotatable bonds is 8. The molecule has 0 aromatic rings. The highest BCUT2D eigenvalue weighted by atomic mass is 16.3. The molecule has 0 bridgehead atoms. The van der Waals surface area contributed by atoms with Crippen LogP contribution in [0.1, 0.15) is 39.5 Å². The highest BCUT2D eigenvalue weighted by molar-refractivity contribution is 4.56. The van der Waals surface area contributed by atoms with Crippen molar-refractivity contribution < 1.29 is 5.11 Å². The average Bonchev–Trinajstić information content (AvgIpc) is 2.10. The largest absolute Gasteiger partial charge is 0.396 e. The van der Waals surface area contributed by atoms with Crippen LogP contribution in [0.25, 0.3) is 0 Å². The summed E-state index contributed by atoms with van der Waals surface area (Å²) < 4.78 is 0. The number of hydrogen-bond donors (Lipinski definition) is 1. The summed E-state index contributed by atoms with van der Waals surface area (Å²) in [6, 6.07) is 0. The van der Waals surface area contributed by atoms with Crippen LogP contribution in [-0.2, 0) is 0 Å². The van der Waals surface area contributed by atoms with Crippen LogP contribution >= 0.6 is 0 Å². The first-order valence-electron chi connectivity index (χ1n) is 5.18. The number of nitrogens with zero attached hydrogens (tertiary/aromatic N) is 1. The lowest BCUT2D eigenvalue weighted by Gasteiger charge is -2.20. The molecule has 0 unspecified atom stereocenters. The van der Waals surface area contributed by atoms with Crippen LogP contribution in [0.5, 0.6) is 0 Å². The number of unbranched alkanes of at least 4 members (excludes halogenated alkanes) is 1. The minimum Gasteiger partial charge on any atom is -0.396 e. The van der Waals surface area contributed by atoms with Crippen LogP contribution in [0, 0.1) is 0 Å². The summed E-state index contributed by atoms with van der Waals surface area (Å²) >= 11 is 0. The van der Waals surface area contributed by atoms with Crippen molar-refractivity contribution in [2.45, 2.75) is 39.5 Å². The van der Waals surface area contributed by atoms with Gasteiger partial charge in [-0.05, 0) is 32.4 Å². The van der Waals surface area contributed by atoms with Gasteiger partial charge in [-0.15, -0.1) is 0 Å². The van der Waals surface area contributed by atoms with Crippen molar-refractivity contribution in [3.8, 4) is 0 Å². The fraction of sp³-hybridized carbons (Fsp3) is 1.00. The number of aliphatic hydroxyl groups is 1. The molecule has 0 atom stereocenters. The topological polar surface area (TPSA) is 23.5 Å². The standard InChI is InChI=1S/C10H23NO/c1-3-5-8-11(7-4-2)9-6-10-12/h12H,3-10H2,1-2H3. The van der Waals surface area contributed by atoms with Crippen molar-refractivity contribution in [1.82, 2.24) is 4.90 Å².